The SMILES string of the molecule is C[C@H](N)c1cc2c(cc1F)OC(F)(F)O2. The maximum atomic E-state index is 13.3. The number of rotatable bonds is 1. The number of ether oxygens (including phenoxy) is 2. The number of hydrogen-bond donors (Lipinski definition) is 1. The molecule has 0 spiro atoms. The van der Waals surface area contributed by atoms with Crippen LogP contribution in [0.2, 0.25) is 0 Å². The molecule has 82 valence electrons. The number of benzene rings is 1. The molecule has 1 atom stereocenters. The first kappa shape index (κ1) is 10.1. The molecule has 1 aliphatic rings. The average Bonchev–Trinajstić information content (AvgIpc) is 2.36. The zero-order valence-corrected chi connectivity index (χ0v) is 7.76. The maximum absolute atomic E-state index is 13.3. The Hall–Kier alpha value is -1.43. The summed E-state index contributed by atoms with van der Waals surface area (Å²) < 4.78 is 46.7. The Labute approximate surface area is 83.6 Å². The smallest absolute Gasteiger partial charge is 0.395 e. The highest BCUT2D eigenvalue weighted by molar-refractivity contribution is 5.46. The monoisotopic (exact) mass is 219 g/mol. The Balaban J connectivity index is 2.45. The summed E-state index contributed by atoms with van der Waals surface area (Å²) in [6.45, 7) is 1.54. The van der Waals surface area contributed by atoms with Gasteiger partial charge in [0.25, 0.3) is 0 Å². The molecule has 0 unspecified atom stereocenters. The number of halogens is 3. The molecule has 0 radical (unpaired) electrons. The van der Waals surface area contributed by atoms with E-state index in [2.05, 4.69) is 9.47 Å². The van der Waals surface area contributed by atoms with Crippen molar-refractivity contribution in [2.45, 2.75) is 19.3 Å². The molecule has 6 heteroatoms. The van der Waals surface area contributed by atoms with E-state index < -0.39 is 18.2 Å². The standard InChI is InChI=1S/C9H8F3NO2/c1-4(13)5-2-7-8(3-6(5)10)15-9(11,12)14-7/h2-4H,13H2,1H3/t4-/m0/s1. The molecular weight excluding hydrogens is 211 g/mol. The fourth-order valence-electron chi connectivity index (χ4n) is 1.34. The third-order valence-corrected chi connectivity index (χ3v) is 2.01. The minimum atomic E-state index is -3.73. The van der Waals surface area contributed by atoms with Crippen LogP contribution in [0.3, 0.4) is 0 Å². The van der Waals surface area contributed by atoms with E-state index in [0.29, 0.717) is 0 Å². The highest BCUT2D eigenvalue weighted by atomic mass is 19.3. The summed E-state index contributed by atoms with van der Waals surface area (Å²) in [4.78, 5) is 0. The van der Waals surface area contributed by atoms with Crippen LogP contribution in [0.25, 0.3) is 0 Å². The van der Waals surface area contributed by atoms with Crippen molar-refractivity contribution in [3.05, 3.63) is 23.5 Å². The Kier molecular flexibility index (Phi) is 2.04. The molecule has 0 aromatic heterocycles. The summed E-state index contributed by atoms with van der Waals surface area (Å²) in [5.41, 5.74) is 5.56. The molecule has 0 aliphatic carbocycles. The van der Waals surface area contributed by atoms with Gasteiger partial charge in [-0.3, -0.25) is 0 Å². The van der Waals surface area contributed by atoms with E-state index in [9.17, 15) is 13.2 Å². The normalized spacial score (nSPS) is 19.0. The van der Waals surface area contributed by atoms with Gasteiger partial charge in [-0.15, -0.1) is 8.78 Å². The first-order valence-corrected chi connectivity index (χ1v) is 4.24. The summed E-state index contributed by atoms with van der Waals surface area (Å²) in [6.07, 6.45) is -3.73. The summed E-state index contributed by atoms with van der Waals surface area (Å²) >= 11 is 0. The third kappa shape index (κ3) is 1.72. The van der Waals surface area contributed by atoms with E-state index in [4.69, 9.17) is 5.73 Å². The Bertz CT molecular complexity index is 407. The van der Waals surface area contributed by atoms with Gasteiger partial charge in [0, 0.05) is 17.7 Å². The molecule has 0 fully saturated rings. The molecule has 1 aromatic carbocycles. The Morgan fingerprint density at radius 3 is 2.33 bits per heavy atom. The van der Waals surface area contributed by atoms with Crippen LogP contribution in [0.1, 0.15) is 18.5 Å². The van der Waals surface area contributed by atoms with E-state index in [1.807, 2.05) is 0 Å². The summed E-state index contributed by atoms with van der Waals surface area (Å²) in [7, 11) is 0. The van der Waals surface area contributed by atoms with Crippen molar-refractivity contribution in [1.29, 1.82) is 0 Å². The summed E-state index contributed by atoms with van der Waals surface area (Å²) in [6, 6.07) is 1.36. The molecule has 2 N–H and O–H groups in total. The van der Waals surface area contributed by atoms with Crippen molar-refractivity contribution in [1.82, 2.24) is 0 Å². The number of alkyl halides is 2. The van der Waals surface area contributed by atoms with E-state index in [-0.39, 0.29) is 17.1 Å². The second-order valence-electron chi connectivity index (χ2n) is 3.28. The average molecular weight is 219 g/mol. The lowest BCUT2D eigenvalue weighted by Gasteiger charge is -2.07. The van der Waals surface area contributed by atoms with Crippen LogP contribution in [0.5, 0.6) is 11.5 Å². The van der Waals surface area contributed by atoms with Gasteiger partial charge in [0.15, 0.2) is 11.5 Å². The van der Waals surface area contributed by atoms with Crippen molar-refractivity contribution in [3.63, 3.8) is 0 Å². The van der Waals surface area contributed by atoms with Crippen LogP contribution in [0.4, 0.5) is 13.2 Å². The van der Waals surface area contributed by atoms with Gasteiger partial charge in [0.1, 0.15) is 5.82 Å². The first-order chi connectivity index (χ1) is 6.89. The van der Waals surface area contributed by atoms with E-state index in [1.165, 1.54) is 0 Å². The van der Waals surface area contributed by atoms with Gasteiger partial charge < -0.3 is 15.2 Å². The predicted octanol–water partition coefficient (Wildman–Crippen LogP) is 2.17. The van der Waals surface area contributed by atoms with Gasteiger partial charge in [-0.1, -0.05) is 0 Å². The number of hydrogen-bond acceptors (Lipinski definition) is 3. The second kappa shape index (κ2) is 3.03. The molecule has 2 rings (SSSR count). The van der Waals surface area contributed by atoms with E-state index >= 15 is 0 Å². The summed E-state index contributed by atoms with van der Waals surface area (Å²) in [5.74, 6) is -1.21. The van der Waals surface area contributed by atoms with Crippen LogP contribution in [-0.2, 0) is 0 Å². The Morgan fingerprint density at radius 1 is 1.27 bits per heavy atom. The molecule has 0 amide bonds. The fourth-order valence-corrected chi connectivity index (χ4v) is 1.34. The molecule has 0 saturated carbocycles. The van der Waals surface area contributed by atoms with Crippen LogP contribution in [0.15, 0.2) is 12.1 Å². The quantitative estimate of drug-likeness (QED) is 0.787. The van der Waals surface area contributed by atoms with Crippen molar-refractivity contribution in [2.24, 2.45) is 5.73 Å². The van der Waals surface area contributed by atoms with Crippen molar-refractivity contribution in [3.8, 4) is 11.5 Å². The van der Waals surface area contributed by atoms with E-state index in [1.54, 1.807) is 6.92 Å². The van der Waals surface area contributed by atoms with Crippen LogP contribution in [0, 0.1) is 5.82 Å². The van der Waals surface area contributed by atoms with Crippen molar-refractivity contribution < 1.29 is 22.6 Å². The molecule has 0 saturated heterocycles. The van der Waals surface area contributed by atoms with Crippen molar-refractivity contribution >= 4 is 0 Å². The molecule has 0 bridgehead atoms. The lowest BCUT2D eigenvalue weighted by atomic mass is 10.1. The third-order valence-electron chi connectivity index (χ3n) is 2.01. The summed E-state index contributed by atoms with van der Waals surface area (Å²) in [5, 5.41) is 0. The molecule has 1 aromatic rings. The van der Waals surface area contributed by atoms with Gasteiger partial charge in [0.05, 0.1) is 0 Å². The zero-order chi connectivity index (χ0) is 11.2. The van der Waals surface area contributed by atoms with Gasteiger partial charge in [-0.2, -0.15) is 0 Å². The van der Waals surface area contributed by atoms with Crippen LogP contribution < -0.4 is 15.2 Å². The van der Waals surface area contributed by atoms with Gasteiger partial charge in [-0.25, -0.2) is 4.39 Å². The highest BCUT2D eigenvalue weighted by Crippen LogP contribution is 2.42. The topological polar surface area (TPSA) is 44.5 Å². The second-order valence-corrected chi connectivity index (χ2v) is 3.28. The van der Waals surface area contributed by atoms with Crippen LogP contribution >= 0.6 is 0 Å². The fraction of sp³-hybridized carbons (Fsp3) is 0.333. The minimum absolute atomic E-state index is 0.107. The van der Waals surface area contributed by atoms with Gasteiger partial charge in [0.2, 0.25) is 0 Å². The first-order valence-electron chi connectivity index (χ1n) is 4.24. The maximum Gasteiger partial charge on any atom is 0.586 e. The lowest BCUT2D eigenvalue weighted by molar-refractivity contribution is -0.286. The van der Waals surface area contributed by atoms with Crippen molar-refractivity contribution in [2.75, 3.05) is 0 Å². The molecule has 1 aliphatic heterocycles. The largest absolute Gasteiger partial charge is 0.586 e. The van der Waals surface area contributed by atoms with E-state index in [0.717, 1.165) is 12.1 Å². The lowest BCUT2D eigenvalue weighted by Crippen LogP contribution is -2.25. The molecule has 1 heterocycles. The Morgan fingerprint density at radius 2 is 1.80 bits per heavy atom. The van der Waals surface area contributed by atoms with Crippen LogP contribution in [-0.4, -0.2) is 6.29 Å². The highest BCUT2D eigenvalue weighted by Gasteiger charge is 2.44. The molecule has 15 heavy (non-hydrogen) atoms. The van der Waals surface area contributed by atoms with Gasteiger partial charge in [-0.05, 0) is 13.0 Å². The number of fused-ring (bicyclic) bond motifs is 1. The number of nitrogens with two attached hydrogens (primary N) is 1. The van der Waals surface area contributed by atoms with Gasteiger partial charge >= 0.3 is 6.29 Å². The predicted molar refractivity (Wildman–Crippen MR) is 45.2 cm³/mol. The minimum Gasteiger partial charge on any atom is -0.395 e. The molecule has 3 nitrogen and oxygen atoms in total. The zero-order valence-electron chi connectivity index (χ0n) is 7.76. The molecular formula is C9H8F3NO2.